The number of benzene rings is 2. The fourth-order valence-corrected chi connectivity index (χ4v) is 11.6. The summed E-state index contributed by atoms with van der Waals surface area (Å²) in [5.41, 5.74) is 13.0. The van der Waals surface area contributed by atoms with Crippen molar-refractivity contribution in [3.8, 4) is 0 Å². The van der Waals surface area contributed by atoms with Gasteiger partial charge in [-0.25, -0.2) is 41.6 Å². The molecule has 4 aromatic heterocycles. The van der Waals surface area contributed by atoms with Crippen molar-refractivity contribution in [2.24, 2.45) is 17.6 Å². The monoisotopic (exact) mass is 925 g/mol. The van der Waals surface area contributed by atoms with Crippen LogP contribution in [-0.2, 0) is 50.3 Å². The highest BCUT2D eigenvalue weighted by Gasteiger charge is 2.36. The largest absolute Gasteiger partial charge is 0.465 e. The van der Waals surface area contributed by atoms with E-state index < -0.39 is 31.6 Å². The van der Waals surface area contributed by atoms with Gasteiger partial charge in [0.25, 0.3) is 5.91 Å². The zero-order valence-electron chi connectivity index (χ0n) is 39.0. The van der Waals surface area contributed by atoms with Crippen molar-refractivity contribution >= 4 is 65.3 Å². The topological polar surface area (TPSA) is 206 Å². The van der Waals surface area contributed by atoms with Crippen molar-refractivity contribution in [1.82, 2.24) is 29.1 Å². The van der Waals surface area contributed by atoms with Crippen molar-refractivity contribution in [2.45, 2.75) is 103 Å². The first-order chi connectivity index (χ1) is 30.6. The number of rotatable bonds is 10. The van der Waals surface area contributed by atoms with Crippen LogP contribution in [0.15, 0.2) is 58.6 Å². The number of amides is 1. The van der Waals surface area contributed by atoms with E-state index in [-0.39, 0.29) is 23.9 Å². The van der Waals surface area contributed by atoms with Gasteiger partial charge in [-0.3, -0.25) is 4.79 Å². The van der Waals surface area contributed by atoms with E-state index in [9.17, 15) is 26.4 Å². The Labute approximate surface area is 381 Å². The molecule has 0 radical (unpaired) electrons. The van der Waals surface area contributed by atoms with Crippen molar-refractivity contribution in [3.05, 3.63) is 93.8 Å². The van der Waals surface area contributed by atoms with Crippen LogP contribution in [0.25, 0.3) is 21.8 Å². The molecule has 16 nitrogen and oxygen atoms in total. The third kappa shape index (κ3) is 8.81. The molecule has 0 fully saturated rings. The Morgan fingerprint density at radius 1 is 0.677 bits per heavy atom. The molecular formula is C47H59N9O7S2. The number of methoxy groups -OCH3 is 1. The molecule has 0 saturated carbocycles. The molecule has 6 heterocycles. The van der Waals surface area contributed by atoms with E-state index >= 15 is 0 Å². The fourth-order valence-electron chi connectivity index (χ4n) is 9.55. The van der Waals surface area contributed by atoms with Crippen LogP contribution in [-0.4, -0.2) is 90.5 Å². The number of carbonyl (C=O) groups excluding carboxylic acids is 2. The summed E-state index contributed by atoms with van der Waals surface area (Å²) in [6.45, 7) is 18.8. The zero-order chi connectivity index (χ0) is 47.4. The average Bonchev–Trinajstić information content (AvgIpc) is 3.80. The van der Waals surface area contributed by atoms with Crippen LogP contribution < -0.4 is 15.5 Å². The highest BCUT2D eigenvalue weighted by atomic mass is 32.2. The maximum atomic E-state index is 12.4. The van der Waals surface area contributed by atoms with Gasteiger partial charge in [0, 0.05) is 84.3 Å². The summed E-state index contributed by atoms with van der Waals surface area (Å²) in [6, 6.07) is 12.0. The lowest BCUT2D eigenvalue weighted by molar-refractivity contribution is 0.0598. The number of aryl methyl sites for hydroxylation is 4. The summed E-state index contributed by atoms with van der Waals surface area (Å²) in [4.78, 5) is 46.8. The molecule has 2 aliphatic heterocycles. The molecule has 346 valence electrons. The second-order valence-electron chi connectivity index (χ2n) is 17.7. The Bertz CT molecular complexity index is 3080. The molecule has 6 aromatic rings. The van der Waals surface area contributed by atoms with Crippen molar-refractivity contribution < 1.29 is 31.2 Å². The molecule has 18 heteroatoms. The van der Waals surface area contributed by atoms with Crippen LogP contribution in [0.1, 0.15) is 108 Å². The summed E-state index contributed by atoms with van der Waals surface area (Å²) < 4.78 is 58.9. The number of hydrogen-bond donors (Lipinski definition) is 1. The first-order valence-electron chi connectivity index (χ1n) is 21.9. The number of fused-ring (bicyclic) bond motifs is 6. The van der Waals surface area contributed by atoms with Gasteiger partial charge in [0.15, 0.2) is 19.7 Å². The number of carbonyl (C=O) groups is 2. The summed E-state index contributed by atoms with van der Waals surface area (Å²) in [5, 5.41) is 2.08. The van der Waals surface area contributed by atoms with Gasteiger partial charge in [0.2, 0.25) is 11.9 Å². The predicted molar refractivity (Wildman–Crippen MR) is 252 cm³/mol. The van der Waals surface area contributed by atoms with E-state index in [1.807, 2.05) is 38.1 Å². The Morgan fingerprint density at radius 2 is 1.08 bits per heavy atom. The number of ether oxygens (including phenoxy) is 1. The zero-order valence-corrected chi connectivity index (χ0v) is 40.6. The van der Waals surface area contributed by atoms with Crippen LogP contribution in [0.3, 0.4) is 0 Å². The first kappa shape index (κ1) is 47.1. The lowest BCUT2D eigenvalue weighted by Crippen LogP contribution is -2.41. The predicted octanol–water partition coefficient (Wildman–Crippen LogP) is 6.73. The number of aromatic nitrogens is 6. The van der Waals surface area contributed by atoms with Crippen LogP contribution in [0.4, 0.5) is 11.9 Å². The van der Waals surface area contributed by atoms with Gasteiger partial charge < -0.3 is 29.4 Å². The fraction of sp³-hybridized carbons (Fsp3) is 0.447. The molecule has 0 spiro atoms. The highest BCUT2D eigenvalue weighted by Crippen LogP contribution is 2.41. The van der Waals surface area contributed by atoms with E-state index in [2.05, 4.69) is 78.7 Å². The second kappa shape index (κ2) is 17.8. The Balaban J connectivity index is 0.000000194. The Kier molecular flexibility index (Phi) is 12.9. The van der Waals surface area contributed by atoms with Gasteiger partial charge in [-0.05, 0) is 86.1 Å². The standard InChI is InChI=1S/C24H30N4O4S.C23H29N5O3S/c1-7-16-10-17-11-20-22(14(2)3)28(24-25-13-18(15(4)26-24)23(29)32-5)9-8-27(20)19(17)12-21(16)33(6,30)31;1-6-15-9-16-10-19-21(13(2)3)28(23-25-12-17(22(24)29)14(4)26-23)8-7-27(19)18(16)11-20(15)32(5,30)31/h10-14,22H,7-9H2,1-6H3;9-13,21H,6-8H2,1-5H3,(H2,24,29)/t22-;21-/m10/s1. The molecule has 8 rings (SSSR count). The number of primary amides is 1. The van der Waals surface area contributed by atoms with Gasteiger partial charge in [0.1, 0.15) is 0 Å². The van der Waals surface area contributed by atoms with Gasteiger partial charge in [-0.1, -0.05) is 41.5 Å². The molecule has 0 unspecified atom stereocenters. The Hall–Kier alpha value is -5.88. The maximum Gasteiger partial charge on any atom is 0.341 e. The van der Waals surface area contributed by atoms with E-state index in [4.69, 9.17) is 10.5 Å². The van der Waals surface area contributed by atoms with Gasteiger partial charge in [-0.2, -0.15) is 0 Å². The minimum Gasteiger partial charge on any atom is -0.465 e. The van der Waals surface area contributed by atoms with Gasteiger partial charge >= 0.3 is 5.97 Å². The molecule has 0 aliphatic carbocycles. The van der Waals surface area contributed by atoms with E-state index in [1.54, 1.807) is 13.8 Å². The second-order valence-corrected chi connectivity index (χ2v) is 21.7. The Morgan fingerprint density at radius 3 is 1.40 bits per heavy atom. The quantitative estimate of drug-likeness (QED) is 0.142. The summed E-state index contributed by atoms with van der Waals surface area (Å²) in [7, 11) is -5.31. The molecular weight excluding hydrogens is 867 g/mol. The van der Waals surface area contributed by atoms with E-state index in [1.165, 1.54) is 32.0 Å². The van der Waals surface area contributed by atoms with Crippen LogP contribution in [0.5, 0.6) is 0 Å². The number of nitrogens with zero attached hydrogens (tertiary/aromatic N) is 8. The number of esters is 1. The van der Waals surface area contributed by atoms with Gasteiger partial charge in [-0.15, -0.1) is 0 Å². The molecule has 0 saturated heterocycles. The number of nitrogens with two attached hydrogens (primary N) is 1. The summed E-state index contributed by atoms with van der Waals surface area (Å²) in [6.07, 6.45) is 6.85. The lowest BCUT2D eigenvalue weighted by atomic mass is 9.97. The number of hydrogen-bond acceptors (Lipinski definition) is 13. The molecule has 2 aliphatic rings. The smallest absolute Gasteiger partial charge is 0.341 e. The third-order valence-corrected chi connectivity index (χ3v) is 14.9. The maximum absolute atomic E-state index is 12.4. The molecule has 2 aromatic carbocycles. The van der Waals surface area contributed by atoms with E-state index in [0.717, 1.165) is 44.3 Å². The number of anilines is 2. The average molecular weight is 926 g/mol. The molecule has 2 atom stereocenters. The van der Waals surface area contributed by atoms with Crippen molar-refractivity contribution in [2.75, 3.05) is 42.5 Å². The molecule has 2 N–H and O–H groups in total. The number of sulfone groups is 2. The van der Waals surface area contributed by atoms with Crippen molar-refractivity contribution in [3.63, 3.8) is 0 Å². The minimum atomic E-state index is -3.32. The summed E-state index contributed by atoms with van der Waals surface area (Å²) >= 11 is 0. The third-order valence-electron chi connectivity index (χ3n) is 12.6. The van der Waals surface area contributed by atoms with Crippen molar-refractivity contribution in [1.29, 1.82) is 0 Å². The van der Waals surface area contributed by atoms with Crippen LogP contribution in [0, 0.1) is 25.7 Å². The molecule has 65 heavy (non-hydrogen) atoms. The van der Waals surface area contributed by atoms with Crippen LogP contribution >= 0.6 is 0 Å². The lowest BCUT2D eigenvalue weighted by Gasteiger charge is -2.39. The molecule has 0 bridgehead atoms. The summed E-state index contributed by atoms with van der Waals surface area (Å²) in [5.74, 6) is 0.638. The van der Waals surface area contributed by atoms with E-state index in [0.29, 0.717) is 83.2 Å². The minimum absolute atomic E-state index is 0.00119. The SMILES string of the molecule is CCc1cc2cc3n(c2cc1S(C)(=O)=O)CCN(c1ncc(C(=O)OC)c(C)n1)[C@@H]3C(C)C.CCc1cc2cc3n(c2cc1S(C)(=O)=O)CCN(c1ncc(C(N)=O)c(C)n1)[C@H]3C(C)C. The normalized spacial score (nSPS) is 16.4. The van der Waals surface area contributed by atoms with Gasteiger partial charge in [0.05, 0.1) is 51.5 Å². The van der Waals surface area contributed by atoms with Crippen LogP contribution in [0.2, 0.25) is 0 Å². The molecule has 1 amide bonds. The first-order valence-corrected chi connectivity index (χ1v) is 25.7. The highest BCUT2D eigenvalue weighted by molar-refractivity contribution is 7.91.